The third-order valence-corrected chi connectivity index (χ3v) is 19.9. The summed E-state index contributed by atoms with van der Waals surface area (Å²) in [7, 11) is 0.589. The Kier molecular flexibility index (Phi) is 2.11. The van der Waals surface area contributed by atoms with Crippen molar-refractivity contribution in [2.24, 2.45) is 0 Å². The highest BCUT2D eigenvalue weighted by Crippen LogP contribution is 2.18. The van der Waals surface area contributed by atoms with Gasteiger partial charge in [-0.3, -0.25) is 0 Å². The molecule has 0 atom stereocenters. The zero-order valence-electron chi connectivity index (χ0n) is 6.04. The molecule has 0 aromatic rings. The molecule has 1 aliphatic heterocycles. The fourth-order valence-corrected chi connectivity index (χ4v) is 20.3. The molecule has 0 aromatic carbocycles. The van der Waals surface area contributed by atoms with Gasteiger partial charge in [-0.2, -0.15) is 0 Å². The molecule has 0 aromatic heterocycles. The lowest BCUT2D eigenvalue weighted by Crippen LogP contribution is -2.34. The fraction of sp³-hybridized carbons (Fsp3) is 1.00. The molecule has 1 rings (SSSR count). The molecular weight excluding hydrogens is 144 g/mol. The highest BCUT2D eigenvalue weighted by atomic mass is 28.4. The first kappa shape index (κ1) is 6.77. The van der Waals surface area contributed by atoms with E-state index < -0.39 is 8.07 Å². The van der Waals surface area contributed by atoms with Crippen LogP contribution in [0.1, 0.15) is 0 Å². The smallest absolute Gasteiger partial charge is 0.0410 e. The van der Waals surface area contributed by atoms with E-state index in [1.54, 1.807) is 17.0 Å². The Labute approximate surface area is 57.7 Å². The van der Waals surface area contributed by atoms with Gasteiger partial charge in [0.1, 0.15) is 0 Å². The van der Waals surface area contributed by atoms with Gasteiger partial charge in [-0.15, -0.1) is 0 Å². The topological polar surface area (TPSA) is 0 Å². The van der Waals surface area contributed by atoms with E-state index in [2.05, 4.69) is 13.1 Å². The SMILES string of the molecule is C[Si]1(C)C[SiH2]C[SiH2]C1. The molecule has 0 radical (unpaired) electrons. The average molecular weight is 160 g/mol. The van der Waals surface area contributed by atoms with Crippen molar-refractivity contribution >= 4 is 27.1 Å². The van der Waals surface area contributed by atoms with Crippen LogP contribution in [0.25, 0.3) is 0 Å². The van der Waals surface area contributed by atoms with E-state index in [0.717, 1.165) is 0 Å². The second kappa shape index (κ2) is 2.49. The summed E-state index contributed by atoms with van der Waals surface area (Å²) in [6.07, 6.45) is 0. The molecule has 0 unspecified atom stereocenters. The van der Waals surface area contributed by atoms with Crippen molar-refractivity contribution in [2.45, 2.75) is 30.1 Å². The van der Waals surface area contributed by atoms with Crippen molar-refractivity contribution in [3.63, 3.8) is 0 Å². The zero-order chi connectivity index (χ0) is 6.04. The van der Waals surface area contributed by atoms with Gasteiger partial charge in [0.05, 0.1) is 0 Å². The standard InChI is InChI=1S/C5H16Si3/c1-8(2)4-6-3-7-5-8/h3-7H2,1-2H3. The fourth-order valence-electron chi connectivity index (χ4n) is 1.51. The van der Waals surface area contributed by atoms with Crippen LogP contribution in [-0.4, -0.2) is 27.1 Å². The Hall–Kier alpha value is 0.651. The van der Waals surface area contributed by atoms with Gasteiger partial charge >= 0.3 is 0 Å². The molecule has 0 N–H and O–H groups in total. The van der Waals surface area contributed by atoms with E-state index in [1.165, 1.54) is 0 Å². The van der Waals surface area contributed by atoms with Crippen LogP contribution in [-0.2, 0) is 0 Å². The van der Waals surface area contributed by atoms with Crippen LogP contribution >= 0.6 is 0 Å². The van der Waals surface area contributed by atoms with Crippen LogP contribution in [0.5, 0.6) is 0 Å². The Morgan fingerprint density at radius 1 is 1.12 bits per heavy atom. The minimum atomic E-state index is -0.467. The molecule has 1 saturated heterocycles. The van der Waals surface area contributed by atoms with Crippen LogP contribution in [0, 0.1) is 0 Å². The lowest BCUT2D eigenvalue weighted by Gasteiger charge is -2.25. The average Bonchev–Trinajstić information content (AvgIpc) is 1.65. The van der Waals surface area contributed by atoms with Gasteiger partial charge in [0, 0.05) is 27.1 Å². The van der Waals surface area contributed by atoms with E-state index in [4.69, 9.17) is 0 Å². The third-order valence-electron chi connectivity index (χ3n) is 2.21. The quantitative estimate of drug-likeness (QED) is 0.448. The van der Waals surface area contributed by atoms with Gasteiger partial charge in [0.15, 0.2) is 0 Å². The van der Waals surface area contributed by atoms with Crippen LogP contribution < -0.4 is 0 Å². The minimum Gasteiger partial charge on any atom is -0.0725 e. The monoisotopic (exact) mass is 160 g/mol. The van der Waals surface area contributed by atoms with Crippen molar-refractivity contribution in [1.82, 2.24) is 0 Å². The summed E-state index contributed by atoms with van der Waals surface area (Å²) >= 11 is 0. The second-order valence-corrected chi connectivity index (χ2v) is 16.3. The molecule has 0 nitrogen and oxygen atoms in total. The molecule has 1 fully saturated rings. The molecule has 0 bridgehead atoms. The predicted molar refractivity (Wildman–Crippen MR) is 49.0 cm³/mol. The lowest BCUT2D eigenvalue weighted by molar-refractivity contribution is 1.52. The van der Waals surface area contributed by atoms with Gasteiger partial charge in [-0.25, -0.2) is 0 Å². The van der Waals surface area contributed by atoms with Crippen molar-refractivity contribution < 1.29 is 0 Å². The van der Waals surface area contributed by atoms with Crippen LogP contribution in [0.4, 0.5) is 0 Å². The Balaban J connectivity index is 2.33. The maximum atomic E-state index is 2.59. The van der Waals surface area contributed by atoms with E-state index in [0.29, 0.717) is 19.0 Å². The summed E-state index contributed by atoms with van der Waals surface area (Å²) in [5.74, 6) is 0. The van der Waals surface area contributed by atoms with Crippen molar-refractivity contribution in [3.8, 4) is 0 Å². The molecule has 0 amide bonds. The van der Waals surface area contributed by atoms with Gasteiger partial charge in [-0.05, 0) is 0 Å². The van der Waals surface area contributed by atoms with E-state index >= 15 is 0 Å². The maximum Gasteiger partial charge on any atom is 0.0410 e. The number of hydrogen-bond acceptors (Lipinski definition) is 0. The minimum absolute atomic E-state index is 0.467. The highest BCUT2D eigenvalue weighted by Gasteiger charge is 2.22. The summed E-state index contributed by atoms with van der Waals surface area (Å²) in [6.45, 7) is 5.18. The summed E-state index contributed by atoms with van der Waals surface area (Å²) < 4.78 is 0. The molecule has 1 aliphatic rings. The largest absolute Gasteiger partial charge is 0.0725 e. The Bertz CT molecular complexity index is 71.7. The van der Waals surface area contributed by atoms with Crippen molar-refractivity contribution in [1.29, 1.82) is 0 Å². The first-order valence-electron chi connectivity index (χ1n) is 3.71. The van der Waals surface area contributed by atoms with Gasteiger partial charge < -0.3 is 0 Å². The predicted octanol–water partition coefficient (Wildman–Crippen LogP) is 0.337. The summed E-state index contributed by atoms with van der Waals surface area (Å²) in [5.41, 5.74) is 5.32. The van der Waals surface area contributed by atoms with Crippen LogP contribution in [0.2, 0.25) is 30.1 Å². The van der Waals surface area contributed by atoms with Crippen molar-refractivity contribution in [2.75, 3.05) is 0 Å². The molecule has 0 saturated carbocycles. The molecule has 8 heavy (non-hydrogen) atoms. The van der Waals surface area contributed by atoms with Crippen molar-refractivity contribution in [3.05, 3.63) is 0 Å². The number of hydrogen-bond donors (Lipinski definition) is 0. The molecular formula is C5H16Si3. The Morgan fingerprint density at radius 2 is 1.62 bits per heavy atom. The summed E-state index contributed by atoms with van der Waals surface area (Å²) in [4.78, 5) is 0. The summed E-state index contributed by atoms with van der Waals surface area (Å²) in [5, 5.41) is 0. The molecule has 1 heterocycles. The molecule has 0 spiro atoms. The molecule has 3 heteroatoms. The lowest BCUT2D eigenvalue weighted by atomic mass is 11.7. The molecule has 48 valence electrons. The van der Waals surface area contributed by atoms with Crippen LogP contribution in [0.3, 0.4) is 0 Å². The highest BCUT2D eigenvalue weighted by molar-refractivity contribution is 6.94. The number of rotatable bonds is 0. The normalized spacial score (nSPS) is 33.8. The van der Waals surface area contributed by atoms with Gasteiger partial charge in [0.25, 0.3) is 0 Å². The van der Waals surface area contributed by atoms with Crippen LogP contribution in [0.15, 0.2) is 0 Å². The summed E-state index contributed by atoms with van der Waals surface area (Å²) in [6, 6.07) is 0. The van der Waals surface area contributed by atoms with E-state index in [9.17, 15) is 0 Å². The Morgan fingerprint density at radius 3 is 1.88 bits per heavy atom. The first-order valence-corrected chi connectivity index (χ1v) is 11.1. The van der Waals surface area contributed by atoms with E-state index in [1.807, 2.05) is 0 Å². The van der Waals surface area contributed by atoms with E-state index in [-0.39, 0.29) is 0 Å². The second-order valence-electron chi connectivity index (χ2n) is 3.72. The first-order chi connectivity index (χ1) is 3.71. The van der Waals surface area contributed by atoms with Gasteiger partial charge in [-0.1, -0.05) is 30.1 Å². The van der Waals surface area contributed by atoms with Gasteiger partial charge in [0.2, 0.25) is 0 Å². The maximum absolute atomic E-state index is 2.59. The zero-order valence-corrected chi connectivity index (χ0v) is 9.86. The third kappa shape index (κ3) is 1.87. The molecule has 0 aliphatic carbocycles.